The van der Waals surface area contributed by atoms with Gasteiger partial charge in [-0.2, -0.15) is 0 Å². The Kier molecular flexibility index (Phi) is 5.23. The topological polar surface area (TPSA) is 52.6 Å². The van der Waals surface area contributed by atoms with E-state index in [1.807, 2.05) is 25.1 Å². The molecule has 0 saturated carbocycles. The van der Waals surface area contributed by atoms with E-state index in [9.17, 15) is 9.90 Å². The van der Waals surface area contributed by atoms with E-state index in [1.54, 1.807) is 4.90 Å². The molecule has 1 heterocycles. The van der Waals surface area contributed by atoms with Gasteiger partial charge in [-0.25, -0.2) is 4.79 Å². The first kappa shape index (κ1) is 15.8. The number of hydrogen-bond donors (Lipinski definition) is 2. The minimum absolute atomic E-state index is 0.0395. The van der Waals surface area contributed by atoms with Crippen LogP contribution in [0.2, 0.25) is 0 Å². The SMILES string of the molecule is CCC(C)C(C)NC(=O)N1CCc2ccccc2C1CO. The fraction of sp³-hybridized carbons (Fsp3) is 0.588. The average Bonchev–Trinajstić information content (AvgIpc) is 2.52. The van der Waals surface area contributed by atoms with Gasteiger partial charge in [-0.1, -0.05) is 44.5 Å². The number of hydrogen-bond acceptors (Lipinski definition) is 2. The van der Waals surface area contributed by atoms with E-state index < -0.39 is 0 Å². The van der Waals surface area contributed by atoms with Crippen LogP contribution in [0.25, 0.3) is 0 Å². The van der Waals surface area contributed by atoms with Crippen molar-refractivity contribution in [1.82, 2.24) is 10.2 Å². The molecular weight excluding hydrogens is 264 g/mol. The predicted octanol–water partition coefficient (Wildman–Crippen LogP) is 2.72. The molecule has 4 heteroatoms. The van der Waals surface area contributed by atoms with Crippen LogP contribution < -0.4 is 5.32 Å². The number of urea groups is 1. The van der Waals surface area contributed by atoms with Crippen molar-refractivity contribution in [2.75, 3.05) is 13.2 Å². The van der Waals surface area contributed by atoms with Crippen LogP contribution in [-0.4, -0.2) is 35.2 Å². The first-order valence-electron chi connectivity index (χ1n) is 7.84. The fourth-order valence-electron chi connectivity index (χ4n) is 2.87. The van der Waals surface area contributed by atoms with Gasteiger partial charge >= 0.3 is 6.03 Å². The molecule has 2 rings (SSSR count). The molecule has 116 valence electrons. The number of carbonyl (C=O) groups is 1. The number of aliphatic hydroxyl groups excluding tert-OH is 1. The number of fused-ring (bicyclic) bond motifs is 1. The number of carbonyl (C=O) groups excluding carboxylic acids is 1. The molecule has 1 aromatic rings. The zero-order valence-electron chi connectivity index (χ0n) is 13.2. The number of amides is 2. The van der Waals surface area contributed by atoms with Gasteiger partial charge in [0.25, 0.3) is 0 Å². The number of benzene rings is 1. The monoisotopic (exact) mass is 290 g/mol. The molecule has 2 amide bonds. The van der Waals surface area contributed by atoms with Crippen LogP contribution in [0.1, 0.15) is 44.4 Å². The molecule has 4 nitrogen and oxygen atoms in total. The molecular formula is C17H26N2O2. The van der Waals surface area contributed by atoms with E-state index >= 15 is 0 Å². The summed E-state index contributed by atoms with van der Waals surface area (Å²) >= 11 is 0. The summed E-state index contributed by atoms with van der Waals surface area (Å²) in [6.07, 6.45) is 1.88. The summed E-state index contributed by atoms with van der Waals surface area (Å²) in [5, 5.41) is 12.8. The molecule has 0 fully saturated rings. The molecule has 1 aliphatic heterocycles. The Morgan fingerprint density at radius 3 is 2.81 bits per heavy atom. The molecule has 3 unspecified atom stereocenters. The third-order valence-electron chi connectivity index (χ3n) is 4.69. The molecule has 2 N–H and O–H groups in total. The van der Waals surface area contributed by atoms with Crippen LogP contribution in [-0.2, 0) is 6.42 Å². The van der Waals surface area contributed by atoms with Crippen molar-refractivity contribution in [3.63, 3.8) is 0 Å². The van der Waals surface area contributed by atoms with Crippen molar-refractivity contribution in [2.24, 2.45) is 5.92 Å². The third kappa shape index (κ3) is 3.38. The van der Waals surface area contributed by atoms with Gasteiger partial charge in [0.05, 0.1) is 12.6 Å². The van der Waals surface area contributed by atoms with Gasteiger partial charge in [0.1, 0.15) is 0 Å². The number of nitrogens with zero attached hydrogens (tertiary/aromatic N) is 1. The van der Waals surface area contributed by atoms with Gasteiger partial charge in [0.15, 0.2) is 0 Å². The second kappa shape index (κ2) is 6.94. The van der Waals surface area contributed by atoms with Crippen LogP contribution >= 0.6 is 0 Å². The number of aliphatic hydroxyl groups is 1. The lowest BCUT2D eigenvalue weighted by molar-refractivity contribution is 0.123. The van der Waals surface area contributed by atoms with Gasteiger partial charge < -0.3 is 15.3 Å². The highest BCUT2D eigenvalue weighted by molar-refractivity contribution is 5.75. The second-order valence-corrected chi connectivity index (χ2v) is 5.96. The summed E-state index contributed by atoms with van der Waals surface area (Å²) in [5.74, 6) is 0.443. The van der Waals surface area contributed by atoms with Crippen LogP contribution in [0.15, 0.2) is 24.3 Å². The Labute approximate surface area is 127 Å². The molecule has 0 saturated heterocycles. The molecule has 3 atom stereocenters. The highest BCUT2D eigenvalue weighted by atomic mass is 16.3. The van der Waals surface area contributed by atoms with Crippen LogP contribution in [0.4, 0.5) is 4.79 Å². The Bertz CT molecular complexity index is 489. The first-order chi connectivity index (χ1) is 10.1. The summed E-state index contributed by atoms with van der Waals surface area (Å²) < 4.78 is 0. The molecule has 21 heavy (non-hydrogen) atoms. The minimum Gasteiger partial charge on any atom is -0.394 e. The van der Waals surface area contributed by atoms with Crippen LogP contribution in [0.5, 0.6) is 0 Å². The number of nitrogens with one attached hydrogen (secondary N) is 1. The van der Waals surface area contributed by atoms with Crippen molar-refractivity contribution in [3.8, 4) is 0 Å². The standard InChI is InChI=1S/C17H26N2O2/c1-4-12(2)13(3)18-17(21)19-10-9-14-7-5-6-8-15(14)16(19)11-20/h5-8,12-13,16,20H,4,9-11H2,1-3H3,(H,18,21). The van der Waals surface area contributed by atoms with Gasteiger partial charge in [-0.15, -0.1) is 0 Å². The van der Waals surface area contributed by atoms with Gasteiger partial charge in [0, 0.05) is 12.6 Å². The van der Waals surface area contributed by atoms with Crippen molar-refractivity contribution in [1.29, 1.82) is 0 Å². The molecule has 1 aromatic carbocycles. The van der Waals surface area contributed by atoms with E-state index in [0.29, 0.717) is 12.5 Å². The van der Waals surface area contributed by atoms with E-state index in [-0.39, 0.29) is 24.7 Å². The fourth-order valence-corrected chi connectivity index (χ4v) is 2.87. The Hall–Kier alpha value is -1.55. The van der Waals surface area contributed by atoms with E-state index in [1.165, 1.54) is 5.56 Å². The normalized spacial score (nSPS) is 20.6. The van der Waals surface area contributed by atoms with Crippen molar-refractivity contribution in [2.45, 2.75) is 45.7 Å². The predicted molar refractivity (Wildman–Crippen MR) is 84.1 cm³/mol. The molecule has 1 aliphatic rings. The quantitative estimate of drug-likeness (QED) is 0.896. The zero-order valence-corrected chi connectivity index (χ0v) is 13.2. The van der Waals surface area contributed by atoms with Crippen molar-refractivity contribution in [3.05, 3.63) is 35.4 Å². The molecule has 0 bridgehead atoms. The molecule has 0 radical (unpaired) electrons. The molecule has 0 spiro atoms. The minimum atomic E-state index is -0.237. The third-order valence-corrected chi connectivity index (χ3v) is 4.69. The van der Waals surface area contributed by atoms with Crippen LogP contribution in [0.3, 0.4) is 0 Å². The summed E-state index contributed by atoms with van der Waals surface area (Å²) in [4.78, 5) is 14.3. The zero-order chi connectivity index (χ0) is 15.4. The van der Waals surface area contributed by atoms with E-state index in [0.717, 1.165) is 18.4 Å². The first-order valence-corrected chi connectivity index (χ1v) is 7.84. The Balaban J connectivity index is 2.12. The molecule has 0 aliphatic carbocycles. The Morgan fingerprint density at radius 2 is 2.14 bits per heavy atom. The lowest BCUT2D eigenvalue weighted by atomic mass is 9.93. The smallest absolute Gasteiger partial charge is 0.318 e. The van der Waals surface area contributed by atoms with Crippen molar-refractivity contribution < 1.29 is 9.90 Å². The van der Waals surface area contributed by atoms with E-state index in [4.69, 9.17) is 0 Å². The summed E-state index contributed by atoms with van der Waals surface area (Å²) in [7, 11) is 0. The van der Waals surface area contributed by atoms with Gasteiger partial charge in [0.2, 0.25) is 0 Å². The maximum atomic E-state index is 12.5. The highest BCUT2D eigenvalue weighted by Crippen LogP contribution is 2.29. The maximum Gasteiger partial charge on any atom is 0.318 e. The van der Waals surface area contributed by atoms with E-state index in [2.05, 4.69) is 25.2 Å². The average molecular weight is 290 g/mol. The van der Waals surface area contributed by atoms with Crippen LogP contribution in [0, 0.1) is 5.92 Å². The molecule has 0 aromatic heterocycles. The van der Waals surface area contributed by atoms with Gasteiger partial charge in [-0.3, -0.25) is 0 Å². The lowest BCUT2D eigenvalue weighted by Gasteiger charge is -2.37. The van der Waals surface area contributed by atoms with Crippen molar-refractivity contribution >= 4 is 6.03 Å². The lowest BCUT2D eigenvalue weighted by Crippen LogP contribution is -2.50. The highest BCUT2D eigenvalue weighted by Gasteiger charge is 2.30. The summed E-state index contributed by atoms with van der Waals surface area (Å²) in [5.41, 5.74) is 2.30. The maximum absolute atomic E-state index is 12.5. The van der Waals surface area contributed by atoms with Gasteiger partial charge in [-0.05, 0) is 30.4 Å². The largest absolute Gasteiger partial charge is 0.394 e. The second-order valence-electron chi connectivity index (χ2n) is 5.96. The Morgan fingerprint density at radius 1 is 1.43 bits per heavy atom. The summed E-state index contributed by atoms with van der Waals surface area (Å²) in [6.45, 7) is 6.92. The number of rotatable bonds is 4. The summed E-state index contributed by atoms with van der Waals surface area (Å²) in [6, 6.07) is 7.89.